The molecule has 1 aromatic carbocycles. The quantitative estimate of drug-likeness (QED) is 0.748. The molecule has 64 valence electrons. The summed E-state index contributed by atoms with van der Waals surface area (Å²) in [5.41, 5.74) is 8.43. The lowest BCUT2D eigenvalue weighted by atomic mass is 10.1. The minimum absolute atomic E-state index is 0.186. The summed E-state index contributed by atoms with van der Waals surface area (Å²) in [5.74, 6) is 0. The highest BCUT2D eigenvalue weighted by molar-refractivity contribution is 9.10. The zero-order chi connectivity index (χ0) is 8.72. The molecule has 0 heterocycles. The molecule has 0 spiro atoms. The third-order valence-corrected chi connectivity index (χ3v) is 3.50. The molecule has 0 amide bonds. The van der Waals surface area contributed by atoms with Crippen LogP contribution in [0.4, 0.5) is 0 Å². The summed E-state index contributed by atoms with van der Waals surface area (Å²) in [6.45, 7) is 0. The number of fused-ring (bicyclic) bond motifs is 1. The monoisotopic (exact) mass is 245 g/mol. The first-order valence-electron chi connectivity index (χ1n) is 3.92. The molecule has 12 heavy (non-hydrogen) atoms. The van der Waals surface area contributed by atoms with Crippen molar-refractivity contribution in [1.82, 2.24) is 0 Å². The van der Waals surface area contributed by atoms with Crippen LogP contribution in [-0.4, -0.2) is 0 Å². The minimum Gasteiger partial charge on any atom is -0.324 e. The zero-order valence-electron chi connectivity index (χ0n) is 6.48. The lowest BCUT2D eigenvalue weighted by Gasteiger charge is -2.05. The van der Waals surface area contributed by atoms with Crippen LogP contribution < -0.4 is 5.73 Å². The molecule has 0 saturated carbocycles. The molecular formula is C9H9BrClN. The van der Waals surface area contributed by atoms with E-state index in [9.17, 15) is 0 Å². The molecule has 1 aromatic rings. The standard InChI is InChI=1S/C9H9BrClN/c10-7-3-5-1-2-9(12)6(5)4-8(7)11/h3-4,9H,1-2,12H2. The molecule has 0 bridgehead atoms. The predicted octanol–water partition coefficient (Wildman–Crippen LogP) is 3.05. The normalized spacial score (nSPS) is 21.1. The summed E-state index contributed by atoms with van der Waals surface area (Å²) in [6.07, 6.45) is 2.12. The lowest BCUT2D eigenvalue weighted by Crippen LogP contribution is -2.04. The van der Waals surface area contributed by atoms with Gasteiger partial charge in [0.1, 0.15) is 0 Å². The lowest BCUT2D eigenvalue weighted by molar-refractivity contribution is 0.713. The van der Waals surface area contributed by atoms with Gasteiger partial charge < -0.3 is 5.73 Å². The zero-order valence-corrected chi connectivity index (χ0v) is 8.82. The highest BCUT2D eigenvalue weighted by atomic mass is 79.9. The Morgan fingerprint density at radius 1 is 1.50 bits per heavy atom. The minimum atomic E-state index is 0.186. The molecular weight excluding hydrogens is 237 g/mol. The summed E-state index contributed by atoms with van der Waals surface area (Å²) in [5, 5.41) is 0.756. The van der Waals surface area contributed by atoms with Gasteiger partial charge in [-0.25, -0.2) is 0 Å². The van der Waals surface area contributed by atoms with Crippen molar-refractivity contribution in [2.75, 3.05) is 0 Å². The molecule has 3 heteroatoms. The summed E-state index contributed by atoms with van der Waals surface area (Å²) in [6, 6.07) is 4.23. The van der Waals surface area contributed by atoms with Crippen LogP contribution in [0.5, 0.6) is 0 Å². The first-order chi connectivity index (χ1) is 5.68. The van der Waals surface area contributed by atoms with E-state index in [0.29, 0.717) is 0 Å². The van der Waals surface area contributed by atoms with E-state index in [1.165, 1.54) is 11.1 Å². The van der Waals surface area contributed by atoms with Crippen LogP contribution in [-0.2, 0) is 6.42 Å². The van der Waals surface area contributed by atoms with Crippen molar-refractivity contribution >= 4 is 27.5 Å². The van der Waals surface area contributed by atoms with E-state index in [1.807, 2.05) is 6.07 Å². The number of benzene rings is 1. The van der Waals surface area contributed by atoms with Crippen molar-refractivity contribution in [2.24, 2.45) is 5.73 Å². The molecule has 0 aromatic heterocycles. The topological polar surface area (TPSA) is 26.0 Å². The van der Waals surface area contributed by atoms with Gasteiger partial charge in [-0.2, -0.15) is 0 Å². The van der Waals surface area contributed by atoms with E-state index in [4.69, 9.17) is 17.3 Å². The van der Waals surface area contributed by atoms with Crippen molar-refractivity contribution in [2.45, 2.75) is 18.9 Å². The van der Waals surface area contributed by atoms with E-state index >= 15 is 0 Å². The average molecular weight is 247 g/mol. The maximum atomic E-state index is 5.96. The van der Waals surface area contributed by atoms with E-state index in [2.05, 4.69) is 22.0 Å². The highest BCUT2D eigenvalue weighted by Crippen LogP contribution is 2.35. The Morgan fingerprint density at radius 2 is 2.25 bits per heavy atom. The fraction of sp³-hybridized carbons (Fsp3) is 0.333. The molecule has 1 aliphatic carbocycles. The summed E-state index contributed by atoms with van der Waals surface area (Å²) in [7, 11) is 0. The number of hydrogen-bond donors (Lipinski definition) is 1. The largest absolute Gasteiger partial charge is 0.324 e. The molecule has 1 atom stereocenters. The van der Waals surface area contributed by atoms with Crippen molar-refractivity contribution < 1.29 is 0 Å². The third kappa shape index (κ3) is 1.28. The van der Waals surface area contributed by atoms with E-state index in [1.54, 1.807) is 0 Å². The van der Waals surface area contributed by atoms with Gasteiger partial charge >= 0.3 is 0 Å². The van der Waals surface area contributed by atoms with Crippen molar-refractivity contribution in [1.29, 1.82) is 0 Å². The second-order valence-corrected chi connectivity index (χ2v) is 4.37. The number of halogens is 2. The summed E-state index contributed by atoms with van der Waals surface area (Å²) in [4.78, 5) is 0. The van der Waals surface area contributed by atoms with Crippen molar-refractivity contribution in [3.8, 4) is 0 Å². The van der Waals surface area contributed by atoms with Crippen LogP contribution in [0.1, 0.15) is 23.6 Å². The second kappa shape index (κ2) is 3.02. The Balaban J connectivity index is 2.56. The SMILES string of the molecule is NC1CCc2cc(Br)c(Cl)cc21. The van der Waals surface area contributed by atoms with E-state index in [0.717, 1.165) is 22.3 Å². The van der Waals surface area contributed by atoms with Crippen LogP contribution in [0.2, 0.25) is 5.02 Å². The first kappa shape index (κ1) is 8.54. The van der Waals surface area contributed by atoms with Crippen LogP contribution in [0.25, 0.3) is 0 Å². The van der Waals surface area contributed by atoms with Crippen molar-refractivity contribution in [3.63, 3.8) is 0 Å². The summed E-state index contributed by atoms with van der Waals surface area (Å²) < 4.78 is 0.969. The van der Waals surface area contributed by atoms with Gasteiger partial charge in [0.25, 0.3) is 0 Å². The molecule has 0 saturated heterocycles. The maximum absolute atomic E-state index is 5.96. The maximum Gasteiger partial charge on any atom is 0.0551 e. The Bertz CT molecular complexity index is 325. The van der Waals surface area contributed by atoms with E-state index < -0.39 is 0 Å². The summed E-state index contributed by atoms with van der Waals surface area (Å²) >= 11 is 9.35. The van der Waals surface area contributed by atoms with Gasteiger partial charge in [-0.15, -0.1) is 0 Å². The van der Waals surface area contributed by atoms with Gasteiger partial charge in [0.15, 0.2) is 0 Å². The first-order valence-corrected chi connectivity index (χ1v) is 5.09. The smallest absolute Gasteiger partial charge is 0.0551 e. The van der Waals surface area contributed by atoms with Crippen LogP contribution in [0, 0.1) is 0 Å². The molecule has 1 nitrogen and oxygen atoms in total. The van der Waals surface area contributed by atoms with Crippen LogP contribution >= 0.6 is 27.5 Å². The van der Waals surface area contributed by atoms with Gasteiger partial charge in [0.05, 0.1) is 5.02 Å². The van der Waals surface area contributed by atoms with Gasteiger partial charge in [-0.1, -0.05) is 11.6 Å². The Kier molecular flexibility index (Phi) is 2.15. The Morgan fingerprint density at radius 3 is 3.00 bits per heavy atom. The van der Waals surface area contributed by atoms with Gasteiger partial charge in [0, 0.05) is 10.5 Å². The fourth-order valence-corrected chi connectivity index (χ4v) is 2.19. The average Bonchev–Trinajstić information content (AvgIpc) is 2.35. The van der Waals surface area contributed by atoms with Crippen LogP contribution in [0.3, 0.4) is 0 Å². The van der Waals surface area contributed by atoms with Gasteiger partial charge in [-0.3, -0.25) is 0 Å². The molecule has 1 aliphatic rings. The highest BCUT2D eigenvalue weighted by Gasteiger charge is 2.19. The Hall–Kier alpha value is -0.0500. The van der Waals surface area contributed by atoms with Crippen molar-refractivity contribution in [3.05, 3.63) is 32.8 Å². The van der Waals surface area contributed by atoms with Crippen LogP contribution in [0.15, 0.2) is 16.6 Å². The second-order valence-electron chi connectivity index (χ2n) is 3.11. The molecule has 0 fully saturated rings. The predicted molar refractivity (Wildman–Crippen MR) is 54.4 cm³/mol. The van der Waals surface area contributed by atoms with Gasteiger partial charge in [0.2, 0.25) is 0 Å². The molecule has 0 radical (unpaired) electrons. The number of nitrogens with two attached hydrogens (primary N) is 1. The molecule has 2 N–H and O–H groups in total. The number of rotatable bonds is 0. The Labute approximate surface area is 85.0 Å². The number of hydrogen-bond acceptors (Lipinski definition) is 1. The van der Waals surface area contributed by atoms with Gasteiger partial charge in [-0.05, 0) is 52.0 Å². The molecule has 1 unspecified atom stereocenters. The molecule has 2 rings (SSSR count). The number of aryl methyl sites for hydroxylation is 1. The molecule has 0 aliphatic heterocycles. The fourth-order valence-electron chi connectivity index (χ4n) is 1.63. The third-order valence-electron chi connectivity index (χ3n) is 2.31. The van der Waals surface area contributed by atoms with E-state index in [-0.39, 0.29) is 6.04 Å².